The summed E-state index contributed by atoms with van der Waals surface area (Å²) in [5.41, 5.74) is 0.541. The Labute approximate surface area is 108 Å². The normalized spacial score (nSPS) is 13.5. The molecule has 2 rings (SSSR count). The molecule has 1 atom stereocenters. The Morgan fingerprint density at radius 1 is 1.42 bits per heavy atom. The maximum Gasteiger partial charge on any atom is 0.433 e. The van der Waals surface area contributed by atoms with Crippen molar-refractivity contribution in [1.82, 2.24) is 20.3 Å². The third-order valence-corrected chi connectivity index (χ3v) is 2.71. The monoisotopic (exact) mass is 270 g/mol. The molecule has 0 aliphatic heterocycles. The Morgan fingerprint density at radius 3 is 2.84 bits per heavy atom. The van der Waals surface area contributed by atoms with Gasteiger partial charge in [-0.3, -0.25) is 4.98 Å². The van der Waals surface area contributed by atoms with Gasteiger partial charge in [-0.15, -0.1) is 0 Å². The van der Waals surface area contributed by atoms with E-state index in [2.05, 4.69) is 20.3 Å². The van der Waals surface area contributed by atoms with Gasteiger partial charge in [-0.1, -0.05) is 0 Å². The van der Waals surface area contributed by atoms with Crippen LogP contribution >= 0.6 is 0 Å². The molecule has 0 radical (unpaired) electrons. The third-order valence-electron chi connectivity index (χ3n) is 2.71. The lowest BCUT2D eigenvalue weighted by Crippen LogP contribution is -2.19. The number of aromatic amines is 1. The summed E-state index contributed by atoms with van der Waals surface area (Å²) in [6.45, 7) is 2.23. The molecule has 1 unspecified atom stereocenters. The predicted octanol–water partition coefficient (Wildman–Crippen LogP) is 2.67. The Kier molecular flexibility index (Phi) is 3.84. The lowest BCUT2D eigenvalue weighted by Gasteiger charge is -2.13. The summed E-state index contributed by atoms with van der Waals surface area (Å²) < 4.78 is 37.5. The fraction of sp³-hybridized carbons (Fsp3) is 0.333. The number of nitrogens with one attached hydrogen (secondary N) is 2. The second-order valence-corrected chi connectivity index (χ2v) is 4.16. The minimum Gasteiger partial charge on any atom is -0.347 e. The van der Waals surface area contributed by atoms with E-state index < -0.39 is 11.9 Å². The van der Waals surface area contributed by atoms with Gasteiger partial charge in [-0.05, 0) is 24.6 Å². The highest BCUT2D eigenvalue weighted by Crippen LogP contribution is 2.27. The van der Waals surface area contributed by atoms with Crippen molar-refractivity contribution < 1.29 is 13.2 Å². The van der Waals surface area contributed by atoms with Gasteiger partial charge in [-0.25, -0.2) is 4.98 Å². The number of hydrogen-bond donors (Lipinski definition) is 2. The second kappa shape index (κ2) is 5.40. The summed E-state index contributed by atoms with van der Waals surface area (Å²) in [6.07, 6.45) is -0.0151. The molecule has 19 heavy (non-hydrogen) atoms. The Bertz CT molecular complexity index is 522. The van der Waals surface area contributed by atoms with Crippen molar-refractivity contribution in [2.24, 2.45) is 0 Å². The first-order chi connectivity index (χ1) is 8.97. The molecular formula is C12H13F3N4. The summed E-state index contributed by atoms with van der Waals surface area (Å²) in [7, 11) is 0. The molecular weight excluding hydrogens is 257 g/mol. The molecule has 2 N–H and O–H groups in total. The van der Waals surface area contributed by atoms with E-state index >= 15 is 0 Å². The molecule has 0 aromatic carbocycles. The van der Waals surface area contributed by atoms with Crippen molar-refractivity contribution in [1.29, 1.82) is 0 Å². The highest BCUT2D eigenvalue weighted by molar-refractivity contribution is 5.18. The summed E-state index contributed by atoms with van der Waals surface area (Å²) >= 11 is 0. The zero-order chi connectivity index (χ0) is 13.9. The maximum absolute atomic E-state index is 12.5. The van der Waals surface area contributed by atoms with E-state index in [9.17, 15) is 13.2 Å². The number of rotatable bonds is 4. The molecule has 4 nitrogen and oxygen atoms in total. The molecule has 0 bridgehead atoms. The van der Waals surface area contributed by atoms with Crippen LogP contribution in [0.1, 0.15) is 29.9 Å². The van der Waals surface area contributed by atoms with E-state index in [0.717, 1.165) is 11.8 Å². The van der Waals surface area contributed by atoms with Crippen molar-refractivity contribution in [3.63, 3.8) is 0 Å². The van der Waals surface area contributed by atoms with Crippen molar-refractivity contribution >= 4 is 0 Å². The van der Waals surface area contributed by atoms with Crippen molar-refractivity contribution in [2.45, 2.75) is 25.7 Å². The zero-order valence-corrected chi connectivity index (χ0v) is 10.2. The first-order valence-electron chi connectivity index (χ1n) is 5.70. The quantitative estimate of drug-likeness (QED) is 0.898. The van der Waals surface area contributed by atoms with Gasteiger partial charge >= 0.3 is 6.18 Å². The second-order valence-electron chi connectivity index (χ2n) is 4.16. The van der Waals surface area contributed by atoms with Crippen molar-refractivity contribution in [3.05, 3.63) is 47.8 Å². The van der Waals surface area contributed by atoms with Gasteiger partial charge in [0.15, 0.2) is 0 Å². The highest BCUT2D eigenvalue weighted by atomic mass is 19.4. The van der Waals surface area contributed by atoms with Crippen LogP contribution in [-0.2, 0) is 12.7 Å². The van der Waals surface area contributed by atoms with Gasteiger partial charge in [0, 0.05) is 25.0 Å². The van der Waals surface area contributed by atoms with Crippen LogP contribution < -0.4 is 5.32 Å². The van der Waals surface area contributed by atoms with E-state index in [1.54, 1.807) is 18.6 Å². The first-order valence-corrected chi connectivity index (χ1v) is 5.70. The van der Waals surface area contributed by atoms with Gasteiger partial charge < -0.3 is 10.3 Å². The summed E-state index contributed by atoms with van der Waals surface area (Å²) in [5.74, 6) is 0. The number of pyridine rings is 1. The lowest BCUT2D eigenvalue weighted by atomic mass is 10.2. The van der Waals surface area contributed by atoms with E-state index in [-0.39, 0.29) is 6.04 Å². The average molecular weight is 270 g/mol. The van der Waals surface area contributed by atoms with Crippen LogP contribution in [0.25, 0.3) is 0 Å². The minimum absolute atomic E-state index is 0.0231. The molecule has 7 heteroatoms. The zero-order valence-electron chi connectivity index (χ0n) is 10.2. The number of halogens is 3. The Hall–Kier alpha value is -1.89. The van der Waals surface area contributed by atoms with Gasteiger partial charge in [-0.2, -0.15) is 13.2 Å². The molecule has 0 saturated carbocycles. The number of aromatic nitrogens is 3. The number of nitrogens with zero attached hydrogens (tertiary/aromatic N) is 2. The largest absolute Gasteiger partial charge is 0.433 e. The topological polar surface area (TPSA) is 53.6 Å². The van der Waals surface area contributed by atoms with Crippen LogP contribution in [0.4, 0.5) is 13.2 Å². The fourth-order valence-electron chi connectivity index (χ4n) is 1.62. The average Bonchev–Trinajstić information content (AvgIpc) is 2.89. The number of alkyl halides is 3. The SMILES string of the molecule is CC(NCc1ccnc(C(F)(F)F)c1)c1cnc[nH]1. The minimum atomic E-state index is -4.41. The Balaban J connectivity index is 2.00. The van der Waals surface area contributed by atoms with Crippen molar-refractivity contribution in [3.8, 4) is 0 Å². The molecule has 0 aliphatic rings. The van der Waals surface area contributed by atoms with Gasteiger partial charge in [0.1, 0.15) is 5.69 Å². The van der Waals surface area contributed by atoms with E-state index in [4.69, 9.17) is 0 Å². The molecule has 102 valence electrons. The third kappa shape index (κ3) is 3.54. The lowest BCUT2D eigenvalue weighted by molar-refractivity contribution is -0.141. The van der Waals surface area contributed by atoms with E-state index in [0.29, 0.717) is 12.1 Å². The molecule has 2 aromatic rings. The van der Waals surface area contributed by atoms with Crippen LogP contribution in [0.2, 0.25) is 0 Å². The van der Waals surface area contributed by atoms with E-state index in [1.807, 2.05) is 6.92 Å². The smallest absolute Gasteiger partial charge is 0.347 e. The van der Waals surface area contributed by atoms with Gasteiger partial charge in [0.2, 0.25) is 0 Å². The molecule has 0 amide bonds. The van der Waals surface area contributed by atoms with Crippen LogP contribution in [0.15, 0.2) is 30.9 Å². The molecule has 0 spiro atoms. The van der Waals surface area contributed by atoms with Crippen LogP contribution in [-0.4, -0.2) is 15.0 Å². The Morgan fingerprint density at radius 2 is 2.21 bits per heavy atom. The predicted molar refractivity (Wildman–Crippen MR) is 63.1 cm³/mol. The molecule has 2 heterocycles. The standard InChI is InChI=1S/C12H13F3N4/c1-8(10-6-16-7-19-10)18-5-9-2-3-17-11(4-9)12(13,14)15/h2-4,6-8,18H,5H2,1H3,(H,16,19). The molecule has 0 aliphatic carbocycles. The summed E-state index contributed by atoms with van der Waals surface area (Å²) in [6, 6.07) is 2.58. The highest BCUT2D eigenvalue weighted by Gasteiger charge is 2.32. The van der Waals surface area contributed by atoms with Gasteiger partial charge in [0.05, 0.1) is 12.0 Å². The maximum atomic E-state index is 12.5. The van der Waals surface area contributed by atoms with Crippen LogP contribution in [0, 0.1) is 0 Å². The first kappa shape index (κ1) is 13.5. The number of hydrogen-bond acceptors (Lipinski definition) is 3. The molecule has 0 fully saturated rings. The summed E-state index contributed by atoms with van der Waals surface area (Å²) in [4.78, 5) is 10.2. The molecule has 2 aromatic heterocycles. The van der Waals surface area contributed by atoms with Gasteiger partial charge in [0.25, 0.3) is 0 Å². The number of imidazole rings is 1. The van der Waals surface area contributed by atoms with E-state index in [1.165, 1.54) is 6.20 Å². The van der Waals surface area contributed by atoms with Crippen LogP contribution in [0.3, 0.4) is 0 Å². The van der Waals surface area contributed by atoms with Crippen LogP contribution in [0.5, 0.6) is 0 Å². The number of H-pyrrole nitrogens is 1. The molecule has 0 saturated heterocycles. The summed E-state index contributed by atoms with van der Waals surface area (Å²) in [5, 5.41) is 3.11. The van der Waals surface area contributed by atoms with Crippen molar-refractivity contribution in [2.75, 3.05) is 0 Å². The fourth-order valence-corrected chi connectivity index (χ4v) is 1.62.